The van der Waals surface area contributed by atoms with E-state index in [0.29, 0.717) is 17.3 Å². The Hall–Kier alpha value is -2.79. The lowest BCUT2D eigenvalue weighted by Gasteiger charge is -2.14. The zero-order chi connectivity index (χ0) is 18.5. The van der Waals surface area contributed by atoms with E-state index in [4.69, 9.17) is 16.3 Å². The van der Waals surface area contributed by atoms with Gasteiger partial charge in [0, 0.05) is 5.02 Å². The van der Waals surface area contributed by atoms with Crippen LogP contribution in [0.4, 0.5) is 5.69 Å². The van der Waals surface area contributed by atoms with Crippen LogP contribution in [0, 0.1) is 0 Å². The average Bonchev–Trinajstić information content (AvgIpc) is 2.92. The number of halogens is 1. The molecule has 0 radical (unpaired) electrons. The lowest BCUT2D eigenvalue weighted by molar-refractivity contribution is -0.117. The van der Waals surface area contributed by atoms with Crippen molar-refractivity contribution >= 4 is 35.2 Å². The average molecular weight is 371 g/mol. The number of amides is 2. The van der Waals surface area contributed by atoms with Gasteiger partial charge < -0.3 is 4.74 Å². The van der Waals surface area contributed by atoms with E-state index in [1.807, 2.05) is 24.3 Å². The molecule has 134 valence electrons. The summed E-state index contributed by atoms with van der Waals surface area (Å²) in [6.45, 7) is 2.78. The van der Waals surface area contributed by atoms with Crippen molar-refractivity contribution in [3.05, 3.63) is 64.7 Å². The van der Waals surface area contributed by atoms with E-state index in [-0.39, 0.29) is 5.57 Å². The van der Waals surface area contributed by atoms with Crippen molar-refractivity contribution in [2.75, 3.05) is 11.6 Å². The van der Waals surface area contributed by atoms with Crippen LogP contribution in [-0.2, 0) is 9.59 Å². The van der Waals surface area contributed by atoms with Crippen LogP contribution in [-0.4, -0.2) is 18.4 Å². The highest BCUT2D eigenvalue weighted by Crippen LogP contribution is 2.23. The quantitative estimate of drug-likeness (QED) is 0.475. The maximum atomic E-state index is 12.6. The molecule has 1 saturated heterocycles. The van der Waals surface area contributed by atoms with E-state index in [0.717, 1.165) is 24.2 Å². The summed E-state index contributed by atoms with van der Waals surface area (Å²) in [6.07, 6.45) is 3.65. The van der Waals surface area contributed by atoms with Gasteiger partial charge in [0.2, 0.25) is 0 Å². The van der Waals surface area contributed by atoms with Crippen molar-refractivity contribution in [3.8, 4) is 5.75 Å². The minimum absolute atomic E-state index is 0.0830. The largest absolute Gasteiger partial charge is 0.494 e. The SMILES string of the molecule is CCCCOc1ccc(C=C2C(=O)NN(c3ccc(Cl)cc3)C2=O)cc1. The standard InChI is InChI=1S/C20H19ClN2O3/c1-2-3-12-26-17-10-4-14(5-11-17)13-18-19(24)22-23(20(18)25)16-8-6-15(21)7-9-16/h4-11,13H,2-3,12H2,1H3,(H,22,24). The first-order chi connectivity index (χ1) is 12.6. The number of nitrogens with one attached hydrogen (secondary N) is 1. The number of ether oxygens (including phenoxy) is 1. The highest BCUT2D eigenvalue weighted by atomic mass is 35.5. The third kappa shape index (κ3) is 4.06. The minimum atomic E-state index is -0.437. The molecular weight excluding hydrogens is 352 g/mol. The molecule has 1 heterocycles. The normalized spacial score (nSPS) is 15.5. The number of benzene rings is 2. The first kappa shape index (κ1) is 18.0. The Balaban J connectivity index is 1.75. The number of anilines is 1. The molecule has 0 bridgehead atoms. The van der Waals surface area contributed by atoms with E-state index >= 15 is 0 Å². The van der Waals surface area contributed by atoms with E-state index < -0.39 is 11.8 Å². The van der Waals surface area contributed by atoms with Gasteiger partial charge in [-0.2, -0.15) is 0 Å². The number of carbonyl (C=O) groups excluding carboxylic acids is 2. The van der Waals surface area contributed by atoms with Crippen molar-refractivity contribution in [2.24, 2.45) is 0 Å². The first-order valence-electron chi connectivity index (χ1n) is 8.44. The Kier molecular flexibility index (Phi) is 5.58. The Morgan fingerprint density at radius 3 is 2.42 bits per heavy atom. The zero-order valence-electron chi connectivity index (χ0n) is 14.4. The molecule has 3 rings (SSSR count). The van der Waals surface area contributed by atoms with Crippen LogP contribution in [0.3, 0.4) is 0 Å². The fraction of sp³-hybridized carbons (Fsp3) is 0.200. The van der Waals surface area contributed by atoms with Gasteiger partial charge in [-0.15, -0.1) is 0 Å². The Labute approximate surface area is 157 Å². The van der Waals surface area contributed by atoms with E-state index in [1.165, 1.54) is 5.01 Å². The van der Waals surface area contributed by atoms with Crippen molar-refractivity contribution in [3.63, 3.8) is 0 Å². The van der Waals surface area contributed by atoms with Gasteiger partial charge >= 0.3 is 0 Å². The van der Waals surface area contributed by atoms with Gasteiger partial charge in [-0.3, -0.25) is 15.0 Å². The molecule has 0 atom stereocenters. The number of hydrogen-bond acceptors (Lipinski definition) is 3. The minimum Gasteiger partial charge on any atom is -0.494 e. The molecule has 0 saturated carbocycles. The second-order valence-electron chi connectivity index (χ2n) is 5.89. The van der Waals surface area contributed by atoms with Gasteiger partial charge in [0.05, 0.1) is 12.3 Å². The maximum absolute atomic E-state index is 12.6. The molecule has 0 unspecified atom stereocenters. The first-order valence-corrected chi connectivity index (χ1v) is 8.82. The van der Waals surface area contributed by atoms with Crippen molar-refractivity contribution in [2.45, 2.75) is 19.8 Å². The van der Waals surface area contributed by atoms with Gasteiger partial charge in [0.1, 0.15) is 11.3 Å². The molecule has 2 aromatic rings. The second-order valence-corrected chi connectivity index (χ2v) is 6.32. The van der Waals surface area contributed by atoms with Gasteiger partial charge in [-0.05, 0) is 54.5 Å². The van der Waals surface area contributed by atoms with Crippen molar-refractivity contribution < 1.29 is 14.3 Å². The highest BCUT2D eigenvalue weighted by Gasteiger charge is 2.34. The van der Waals surface area contributed by atoms with E-state index in [1.54, 1.807) is 30.3 Å². The van der Waals surface area contributed by atoms with Crippen LogP contribution in [0.2, 0.25) is 5.02 Å². The summed E-state index contributed by atoms with van der Waals surface area (Å²) < 4.78 is 5.61. The molecule has 1 N–H and O–H groups in total. The summed E-state index contributed by atoms with van der Waals surface area (Å²) in [5, 5.41) is 1.77. The van der Waals surface area contributed by atoms with Crippen molar-refractivity contribution in [1.29, 1.82) is 0 Å². The molecule has 26 heavy (non-hydrogen) atoms. The van der Waals surface area contributed by atoms with Crippen LogP contribution in [0.15, 0.2) is 54.1 Å². The lowest BCUT2D eigenvalue weighted by Crippen LogP contribution is -2.35. The maximum Gasteiger partial charge on any atom is 0.282 e. The number of rotatable bonds is 6. The van der Waals surface area contributed by atoms with Crippen molar-refractivity contribution in [1.82, 2.24) is 5.43 Å². The third-order valence-corrected chi connectivity index (χ3v) is 4.19. The summed E-state index contributed by atoms with van der Waals surface area (Å²) in [5.41, 5.74) is 3.95. The number of hydrazine groups is 1. The number of nitrogens with zero attached hydrogens (tertiary/aromatic N) is 1. The molecule has 6 heteroatoms. The summed E-state index contributed by atoms with van der Waals surface area (Å²) in [4.78, 5) is 24.8. The smallest absolute Gasteiger partial charge is 0.282 e. The van der Waals surface area contributed by atoms with Gasteiger partial charge in [0.15, 0.2) is 0 Å². The van der Waals surface area contributed by atoms with Gasteiger partial charge in [-0.1, -0.05) is 37.1 Å². The number of carbonyl (C=O) groups is 2. The van der Waals surface area contributed by atoms with Crippen LogP contribution in [0.25, 0.3) is 6.08 Å². The number of unbranched alkanes of at least 4 members (excludes halogenated alkanes) is 1. The Bertz CT molecular complexity index is 829. The molecule has 2 aromatic carbocycles. The Morgan fingerprint density at radius 1 is 1.08 bits per heavy atom. The molecule has 0 aliphatic carbocycles. The highest BCUT2D eigenvalue weighted by molar-refractivity contribution is 6.32. The number of hydrogen-bond donors (Lipinski definition) is 1. The van der Waals surface area contributed by atoms with E-state index in [2.05, 4.69) is 12.3 Å². The van der Waals surface area contributed by atoms with Gasteiger partial charge in [-0.25, -0.2) is 5.01 Å². The summed E-state index contributed by atoms with van der Waals surface area (Å²) in [7, 11) is 0. The van der Waals surface area contributed by atoms with Crippen LogP contribution in [0.5, 0.6) is 5.75 Å². The third-order valence-electron chi connectivity index (χ3n) is 3.93. The van der Waals surface area contributed by atoms with Gasteiger partial charge in [0.25, 0.3) is 11.8 Å². The molecule has 1 aliphatic heterocycles. The summed E-state index contributed by atoms with van der Waals surface area (Å²) in [6, 6.07) is 14.0. The second kappa shape index (κ2) is 8.06. The predicted molar refractivity (Wildman–Crippen MR) is 102 cm³/mol. The molecule has 1 fully saturated rings. The topological polar surface area (TPSA) is 58.6 Å². The van der Waals surface area contributed by atoms with Crippen LogP contribution >= 0.6 is 11.6 Å². The summed E-state index contributed by atoms with van der Waals surface area (Å²) in [5.74, 6) is -0.0700. The van der Waals surface area contributed by atoms with Crippen LogP contribution < -0.4 is 15.2 Å². The fourth-order valence-electron chi connectivity index (χ4n) is 2.49. The molecule has 0 spiro atoms. The molecule has 1 aliphatic rings. The van der Waals surface area contributed by atoms with Crippen LogP contribution in [0.1, 0.15) is 25.3 Å². The monoisotopic (exact) mass is 370 g/mol. The molecular formula is C20H19ClN2O3. The molecule has 0 aromatic heterocycles. The predicted octanol–water partition coefficient (Wildman–Crippen LogP) is 3.98. The lowest BCUT2D eigenvalue weighted by atomic mass is 10.1. The molecule has 2 amide bonds. The Morgan fingerprint density at radius 2 is 1.77 bits per heavy atom. The fourth-order valence-corrected chi connectivity index (χ4v) is 2.62. The molecule has 5 nitrogen and oxygen atoms in total. The zero-order valence-corrected chi connectivity index (χ0v) is 15.1. The summed E-state index contributed by atoms with van der Waals surface area (Å²) >= 11 is 5.86. The van der Waals surface area contributed by atoms with E-state index in [9.17, 15) is 9.59 Å².